The molecule has 3 atom stereocenters. The molecule has 7 heteroatoms. The largest absolute Gasteiger partial charge is 0.412 e. The van der Waals surface area contributed by atoms with E-state index in [0.29, 0.717) is 17.3 Å². The Labute approximate surface area is 158 Å². The van der Waals surface area contributed by atoms with Crippen LogP contribution in [0.5, 0.6) is 0 Å². The number of H-pyrrole nitrogens is 1. The zero-order valence-electron chi connectivity index (χ0n) is 14.0. The van der Waals surface area contributed by atoms with Crippen LogP contribution in [-0.4, -0.2) is 32.1 Å². The average Bonchev–Trinajstić information content (AvgIpc) is 3.09. The zero-order chi connectivity index (χ0) is 15.6. The molecule has 0 spiro atoms. The van der Waals surface area contributed by atoms with Gasteiger partial charge in [0.1, 0.15) is 11.5 Å². The summed E-state index contributed by atoms with van der Waals surface area (Å²) in [6, 6.07) is 13.1. The van der Waals surface area contributed by atoms with Crippen molar-refractivity contribution in [3.63, 3.8) is 0 Å². The van der Waals surface area contributed by atoms with Gasteiger partial charge in [-0.25, -0.2) is 4.98 Å². The summed E-state index contributed by atoms with van der Waals surface area (Å²) in [7, 11) is 0. The van der Waals surface area contributed by atoms with Crippen LogP contribution in [0.3, 0.4) is 0 Å². The number of hydrogen-bond acceptors (Lipinski definition) is 4. The molecule has 3 aliphatic rings. The standard InChI is InChI=1S/C18H20N4S.ClH.H2O/c1-23-17-10-13(9-15(21-17)12-5-3-2-4-6-12)18-20-11-16-14(22-18)7-8-19-16;;/h2-8,11,13,15,17,21H,9-10H2,1H3,(H,20,22);1H;1H2. The van der Waals surface area contributed by atoms with Gasteiger partial charge < -0.3 is 10.5 Å². The molecule has 0 aromatic heterocycles. The normalized spacial score (nSPS) is 22.8. The van der Waals surface area contributed by atoms with E-state index in [0.717, 1.165) is 30.1 Å². The molecule has 3 unspecified atom stereocenters. The van der Waals surface area contributed by atoms with Gasteiger partial charge in [-0.3, -0.25) is 10.3 Å². The molecule has 0 radical (unpaired) electrons. The topological polar surface area (TPSA) is 85.1 Å². The minimum atomic E-state index is 0. The van der Waals surface area contributed by atoms with Crippen molar-refractivity contribution in [1.29, 1.82) is 0 Å². The molecule has 3 heterocycles. The molecular weight excluding hydrogens is 356 g/mol. The monoisotopic (exact) mass is 378 g/mol. The molecular formula is C18H23ClN4OS. The second-order valence-electron chi connectivity index (χ2n) is 6.03. The summed E-state index contributed by atoms with van der Waals surface area (Å²) < 4.78 is 0. The van der Waals surface area contributed by atoms with Crippen LogP contribution in [-0.2, 0) is 0 Å². The fourth-order valence-electron chi connectivity index (χ4n) is 3.37. The Morgan fingerprint density at radius 1 is 1.08 bits per heavy atom. The highest BCUT2D eigenvalue weighted by atomic mass is 35.5. The second-order valence-corrected chi connectivity index (χ2v) is 7.08. The molecule has 25 heavy (non-hydrogen) atoms. The van der Waals surface area contributed by atoms with Crippen LogP contribution < -0.4 is 5.32 Å². The van der Waals surface area contributed by atoms with E-state index < -0.39 is 0 Å². The summed E-state index contributed by atoms with van der Waals surface area (Å²) in [6.07, 6.45) is 8.03. The van der Waals surface area contributed by atoms with Crippen LogP contribution in [0.2, 0.25) is 0 Å². The molecule has 3 aliphatic heterocycles. The van der Waals surface area contributed by atoms with Crippen molar-refractivity contribution in [1.82, 2.24) is 20.3 Å². The van der Waals surface area contributed by atoms with Crippen molar-refractivity contribution in [2.45, 2.75) is 30.2 Å². The molecule has 0 bridgehead atoms. The first-order valence-corrected chi connectivity index (χ1v) is 9.25. The van der Waals surface area contributed by atoms with Gasteiger partial charge in [-0.1, -0.05) is 30.3 Å². The second kappa shape index (κ2) is 8.67. The third kappa shape index (κ3) is 4.15. The number of fused-ring (bicyclic) bond motifs is 1. The fourth-order valence-corrected chi connectivity index (χ4v) is 4.09. The van der Waals surface area contributed by atoms with Crippen molar-refractivity contribution in [2.24, 2.45) is 0 Å². The highest BCUT2D eigenvalue weighted by molar-refractivity contribution is 7.99. The Morgan fingerprint density at radius 2 is 1.88 bits per heavy atom. The van der Waals surface area contributed by atoms with Gasteiger partial charge in [0.05, 0.1) is 17.3 Å². The van der Waals surface area contributed by atoms with Gasteiger partial charge in [0.2, 0.25) is 0 Å². The van der Waals surface area contributed by atoms with E-state index in [2.05, 4.69) is 56.9 Å². The lowest BCUT2D eigenvalue weighted by molar-refractivity contribution is 0.342. The van der Waals surface area contributed by atoms with Crippen molar-refractivity contribution in [3.05, 3.63) is 60.2 Å². The summed E-state index contributed by atoms with van der Waals surface area (Å²) >= 11 is 1.88. The summed E-state index contributed by atoms with van der Waals surface area (Å²) in [4.78, 5) is 12.4. The van der Waals surface area contributed by atoms with E-state index >= 15 is 0 Å². The molecule has 1 saturated heterocycles. The van der Waals surface area contributed by atoms with Gasteiger partial charge in [0.25, 0.3) is 0 Å². The molecule has 4 rings (SSSR count). The lowest BCUT2D eigenvalue weighted by atomic mass is 9.88. The SMILES string of the molecule is CSC1CC(c2ncc3nccc-3[nH]2)CC(c2ccccc2)N1.Cl.O. The quantitative estimate of drug-likeness (QED) is 0.731. The maximum atomic E-state index is 4.64. The van der Waals surface area contributed by atoms with E-state index in [1.54, 1.807) is 0 Å². The van der Waals surface area contributed by atoms with Gasteiger partial charge in [-0.15, -0.1) is 24.2 Å². The third-order valence-corrected chi connectivity index (χ3v) is 5.50. The van der Waals surface area contributed by atoms with Crippen LogP contribution in [0, 0.1) is 0 Å². The molecule has 5 nitrogen and oxygen atoms in total. The van der Waals surface area contributed by atoms with Crippen LogP contribution in [0.4, 0.5) is 0 Å². The first kappa shape index (κ1) is 19.7. The highest BCUT2D eigenvalue weighted by Crippen LogP contribution is 2.38. The number of aromatic nitrogens is 3. The van der Waals surface area contributed by atoms with Crippen molar-refractivity contribution < 1.29 is 5.48 Å². The number of benzene rings is 1. The average molecular weight is 379 g/mol. The number of aromatic amines is 1. The van der Waals surface area contributed by atoms with E-state index in [1.807, 2.05) is 30.2 Å². The van der Waals surface area contributed by atoms with Crippen LogP contribution in [0.25, 0.3) is 11.4 Å². The van der Waals surface area contributed by atoms with Crippen LogP contribution in [0.1, 0.15) is 36.2 Å². The summed E-state index contributed by atoms with van der Waals surface area (Å²) in [5.41, 5.74) is 3.36. The molecule has 1 fully saturated rings. The number of hydrogen-bond donors (Lipinski definition) is 2. The van der Waals surface area contributed by atoms with Gasteiger partial charge in [-0.05, 0) is 30.7 Å². The minimum Gasteiger partial charge on any atom is -0.412 e. The molecule has 0 saturated carbocycles. The van der Waals surface area contributed by atoms with Crippen LogP contribution in [0.15, 0.2) is 48.8 Å². The lowest BCUT2D eigenvalue weighted by Gasteiger charge is -2.35. The Kier molecular flexibility index (Phi) is 6.84. The highest BCUT2D eigenvalue weighted by Gasteiger charge is 2.31. The minimum absolute atomic E-state index is 0. The van der Waals surface area contributed by atoms with Gasteiger partial charge in [-0.2, -0.15) is 0 Å². The van der Waals surface area contributed by atoms with Crippen molar-refractivity contribution in [3.8, 4) is 11.4 Å². The zero-order valence-corrected chi connectivity index (χ0v) is 15.6. The van der Waals surface area contributed by atoms with E-state index in [-0.39, 0.29) is 17.9 Å². The fraction of sp³-hybridized carbons (Fsp3) is 0.333. The number of piperidine rings is 1. The molecule has 4 N–H and O–H groups in total. The first-order valence-electron chi connectivity index (χ1n) is 7.97. The number of rotatable bonds is 3. The smallest absolute Gasteiger partial charge is 0.109 e. The first-order chi connectivity index (χ1) is 11.3. The van der Waals surface area contributed by atoms with E-state index in [1.165, 1.54) is 5.56 Å². The lowest BCUT2D eigenvalue weighted by Crippen LogP contribution is -2.38. The third-order valence-electron chi connectivity index (χ3n) is 4.60. The predicted octanol–water partition coefficient (Wildman–Crippen LogP) is 3.40. The Hall–Kier alpha value is -1.60. The molecule has 0 amide bonds. The van der Waals surface area contributed by atoms with Crippen molar-refractivity contribution in [2.75, 3.05) is 6.26 Å². The molecule has 0 aliphatic carbocycles. The maximum Gasteiger partial charge on any atom is 0.109 e. The molecule has 1 aromatic rings. The number of nitrogens with zero attached hydrogens (tertiary/aromatic N) is 2. The predicted molar refractivity (Wildman–Crippen MR) is 105 cm³/mol. The summed E-state index contributed by atoms with van der Waals surface area (Å²) in [5.74, 6) is 1.50. The van der Waals surface area contributed by atoms with E-state index in [4.69, 9.17) is 0 Å². The Bertz CT molecular complexity index is 754. The summed E-state index contributed by atoms with van der Waals surface area (Å²) in [5, 5.41) is 4.21. The van der Waals surface area contributed by atoms with Gasteiger partial charge in [0.15, 0.2) is 0 Å². The molecule has 1 aromatic carbocycles. The number of halogens is 1. The van der Waals surface area contributed by atoms with Crippen molar-refractivity contribution >= 4 is 24.2 Å². The number of nitrogens with one attached hydrogen (secondary N) is 2. The molecule has 134 valence electrons. The van der Waals surface area contributed by atoms with E-state index in [9.17, 15) is 0 Å². The summed E-state index contributed by atoms with van der Waals surface area (Å²) in [6.45, 7) is 0. The maximum absolute atomic E-state index is 4.64. The van der Waals surface area contributed by atoms with Crippen LogP contribution >= 0.6 is 24.2 Å². The Balaban J connectivity index is 0.00000113. The van der Waals surface area contributed by atoms with Gasteiger partial charge >= 0.3 is 0 Å². The Morgan fingerprint density at radius 3 is 2.64 bits per heavy atom. The van der Waals surface area contributed by atoms with Gasteiger partial charge in [0, 0.05) is 18.2 Å². The number of thioether (sulfide) groups is 1.